The third kappa shape index (κ3) is 6.89. The molecule has 222 valence electrons. The fourth-order valence-electron chi connectivity index (χ4n) is 5.73. The molecule has 0 spiro atoms. The molecule has 5 N–H and O–H groups in total. The molecule has 1 aromatic carbocycles. The van der Waals surface area contributed by atoms with Crippen molar-refractivity contribution in [2.45, 2.75) is 64.0 Å². The van der Waals surface area contributed by atoms with Crippen molar-refractivity contribution in [3.63, 3.8) is 0 Å². The van der Waals surface area contributed by atoms with Crippen molar-refractivity contribution in [2.75, 3.05) is 41.7 Å². The molecule has 1 unspecified atom stereocenters. The van der Waals surface area contributed by atoms with Crippen molar-refractivity contribution < 1.29 is 14.7 Å². The van der Waals surface area contributed by atoms with Gasteiger partial charge in [-0.2, -0.15) is 0 Å². The van der Waals surface area contributed by atoms with Crippen molar-refractivity contribution in [3.05, 3.63) is 71.2 Å². The third-order valence-corrected chi connectivity index (χ3v) is 8.13. The predicted molar refractivity (Wildman–Crippen MR) is 163 cm³/mol. The minimum absolute atomic E-state index is 0.0218. The number of carboxylic acid groups (broad SMARTS) is 1. The van der Waals surface area contributed by atoms with Crippen LogP contribution in [-0.4, -0.2) is 64.3 Å². The topological polar surface area (TPSA) is 144 Å². The van der Waals surface area contributed by atoms with Gasteiger partial charge in [0.1, 0.15) is 29.8 Å². The van der Waals surface area contributed by atoms with E-state index in [1.165, 1.54) is 11.9 Å². The highest BCUT2D eigenvalue weighted by Crippen LogP contribution is 2.33. The van der Waals surface area contributed by atoms with Crippen LogP contribution >= 0.6 is 0 Å². The Morgan fingerprint density at radius 1 is 1.10 bits per heavy atom. The van der Waals surface area contributed by atoms with Crippen molar-refractivity contribution in [3.8, 4) is 0 Å². The molecule has 2 amide bonds. The van der Waals surface area contributed by atoms with Gasteiger partial charge in [0, 0.05) is 43.4 Å². The summed E-state index contributed by atoms with van der Waals surface area (Å²) in [6.07, 6.45) is 6.38. The van der Waals surface area contributed by atoms with E-state index in [0.29, 0.717) is 18.2 Å². The molecule has 42 heavy (non-hydrogen) atoms. The van der Waals surface area contributed by atoms with Crippen LogP contribution in [0.3, 0.4) is 0 Å². The zero-order valence-corrected chi connectivity index (χ0v) is 24.3. The Morgan fingerprint density at radius 2 is 1.88 bits per heavy atom. The first kappa shape index (κ1) is 29.1. The number of aromatic nitrogens is 3. The number of anilines is 3. The number of carbonyl (C=O) groups excluding carboxylic acids is 1. The van der Waals surface area contributed by atoms with Crippen molar-refractivity contribution in [1.82, 2.24) is 25.6 Å². The van der Waals surface area contributed by atoms with E-state index in [1.54, 1.807) is 0 Å². The molecule has 2 atom stereocenters. The largest absolute Gasteiger partial charge is 0.480 e. The van der Waals surface area contributed by atoms with E-state index in [0.717, 1.165) is 73.8 Å². The SMILES string of the molecule is CCc1c(NCC(NC(=O)N[C@@H](C)c2ccccc2)C(=O)O)ncnc1N1CCC(c2ccc3c(n2)NCCC3)CC1. The number of aryl methyl sites for hydroxylation is 1. The summed E-state index contributed by atoms with van der Waals surface area (Å²) in [5.41, 5.74) is 4.31. The van der Waals surface area contributed by atoms with Gasteiger partial charge in [-0.1, -0.05) is 43.3 Å². The lowest BCUT2D eigenvalue weighted by Crippen LogP contribution is -2.49. The first-order valence-corrected chi connectivity index (χ1v) is 14.8. The minimum atomic E-state index is -1.15. The summed E-state index contributed by atoms with van der Waals surface area (Å²) in [5, 5.41) is 21.8. The van der Waals surface area contributed by atoms with Crippen molar-refractivity contribution in [2.24, 2.45) is 0 Å². The predicted octanol–water partition coefficient (Wildman–Crippen LogP) is 4.10. The molecule has 11 nitrogen and oxygen atoms in total. The summed E-state index contributed by atoms with van der Waals surface area (Å²) < 4.78 is 0. The minimum Gasteiger partial charge on any atom is -0.480 e. The number of urea groups is 1. The van der Waals surface area contributed by atoms with E-state index in [4.69, 9.17) is 4.98 Å². The van der Waals surface area contributed by atoms with Gasteiger partial charge in [0.25, 0.3) is 0 Å². The van der Waals surface area contributed by atoms with Crippen LogP contribution in [0, 0.1) is 0 Å². The normalized spacial score (nSPS) is 16.5. The molecule has 4 heterocycles. The van der Waals surface area contributed by atoms with Crippen LogP contribution in [0.5, 0.6) is 0 Å². The molecule has 2 aliphatic heterocycles. The van der Waals surface area contributed by atoms with Gasteiger partial charge in [-0.25, -0.2) is 24.5 Å². The number of aliphatic carboxylic acids is 1. The second kappa shape index (κ2) is 13.5. The molecule has 1 saturated heterocycles. The summed E-state index contributed by atoms with van der Waals surface area (Å²) in [6.45, 7) is 6.54. The zero-order valence-electron chi connectivity index (χ0n) is 24.3. The number of carboxylic acids is 1. The van der Waals surface area contributed by atoms with E-state index >= 15 is 0 Å². The van der Waals surface area contributed by atoms with E-state index < -0.39 is 18.0 Å². The number of rotatable bonds is 10. The van der Waals surface area contributed by atoms with Gasteiger partial charge >= 0.3 is 12.0 Å². The summed E-state index contributed by atoms with van der Waals surface area (Å²) in [6, 6.07) is 11.9. The standard InChI is InChI=1S/C31H40N8O3/c1-3-24-28(33-18-26(30(40)41)38-31(42)36-20(2)21-8-5-4-6-9-21)34-19-35-29(24)39-16-13-22(14-17-39)25-12-11-23-10-7-15-32-27(23)37-25/h4-6,8-9,11-12,19-20,22,26H,3,7,10,13-18H2,1-2H3,(H,32,37)(H,40,41)(H,33,34,35)(H2,36,38,42)/t20-,26?/m0/s1. The summed E-state index contributed by atoms with van der Waals surface area (Å²) >= 11 is 0. The van der Waals surface area contributed by atoms with Crippen molar-refractivity contribution >= 4 is 29.5 Å². The number of nitrogens with zero attached hydrogens (tertiary/aromatic N) is 4. The summed E-state index contributed by atoms with van der Waals surface area (Å²) in [7, 11) is 0. The Balaban J connectivity index is 1.19. The second-order valence-corrected chi connectivity index (χ2v) is 10.9. The quantitative estimate of drug-likeness (QED) is 0.242. The number of nitrogens with one attached hydrogen (secondary N) is 4. The maximum Gasteiger partial charge on any atom is 0.328 e. The number of benzene rings is 1. The first-order valence-electron chi connectivity index (χ1n) is 14.8. The highest BCUT2D eigenvalue weighted by atomic mass is 16.4. The van der Waals surface area contributed by atoms with E-state index in [-0.39, 0.29) is 12.6 Å². The van der Waals surface area contributed by atoms with E-state index in [9.17, 15) is 14.7 Å². The maximum absolute atomic E-state index is 12.6. The maximum atomic E-state index is 12.6. The average molecular weight is 573 g/mol. The van der Waals surface area contributed by atoms with Crippen LogP contribution in [0.25, 0.3) is 0 Å². The molecular formula is C31H40N8O3. The highest BCUT2D eigenvalue weighted by molar-refractivity contribution is 5.83. The third-order valence-electron chi connectivity index (χ3n) is 8.13. The summed E-state index contributed by atoms with van der Waals surface area (Å²) in [5.74, 6) is 1.75. The average Bonchev–Trinajstić information content (AvgIpc) is 3.02. The van der Waals surface area contributed by atoms with Gasteiger partial charge < -0.3 is 31.3 Å². The van der Waals surface area contributed by atoms with Gasteiger partial charge in [-0.15, -0.1) is 0 Å². The molecule has 0 aliphatic carbocycles. The highest BCUT2D eigenvalue weighted by Gasteiger charge is 2.27. The van der Waals surface area contributed by atoms with Crippen LogP contribution in [0.4, 0.5) is 22.2 Å². The van der Waals surface area contributed by atoms with Gasteiger partial charge in [-0.05, 0) is 56.2 Å². The van der Waals surface area contributed by atoms with Gasteiger partial charge in [-0.3, -0.25) is 0 Å². The van der Waals surface area contributed by atoms with Gasteiger partial charge in [0.05, 0.1) is 6.04 Å². The zero-order chi connectivity index (χ0) is 29.5. The first-order chi connectivity index (χ1) is 20.4. The molecule has 2 aromatic heterocycles. The monoisotopic (exact) mass is 572 g/mol. The van der Waals surface area contributed by atoms with Crippen LogP contribution in [0.15, 0.2) is 48.8 Å². The Kier molecular flexibility index (Phi) is 9.35. The Hall–Kier alpha value is -4.41. The lowest BCUT2D eigenvalue weighted by atomic mass is 9.92. The summed E-state index contributed by atoms with van der Waals surface area (Å²) in [4.78, 5) is 40.8. The smallest absolute Gasteiger partial charge is 0.328 e. The Morgan fingerprint density at radius 3 is 2.62 bits per heavy atom. The molecule has 11 heteroatoms. The molecule has 0 radical (unpaired) electrons. The molecule has 3 aromatic rings. The van der Waals surface area contributed by atoms with Crippen LogP contribution < -0.4 is 26.2 Å². The molecule has 2 aliphatic rings. The lowest BCUT2D eigenvalue weighted by Gasteiger charge is -2.34. The van der Waals surface area contributed by atoms with Gasteiger partial charge in [0.15, 0.2) is 0 Å². The van der Waals surface area contributed by atoms with E-state index in [2.05, 4.69) is 48.3 Å². The molecule has 0 saturated carbocycles. The molecule has 1 fully saturated rings. The van der Waals surface area contributed by atoms with Crippen molar-refractivity contribution in [1.29, 1.82) is 0 Å². The number of carbonyl (C=O) groups is 2. The fourth-order valence-corrected chi connectivity index (χ4v) is 5.73. The van der Waals surface area contributed by atoms with Gasteiger partial charge in [0.2, 0.25) is 0 Å². The number of hydrogen-bond acceptors (Lipinski definition) is 8. The Bertz CT molecular complexity index is 1380. The van der Waals surface area contributed by atoms with E-state index in [1.807, 2.05) is 44.2 Å². The second-order valence-electron chi connectivity index (χ2n) is 10.9. The lowest BCUT2D eigenvalue weighted by molar-refractivity contribution is -0.138. The molecule has 0 bridgehead atoms. The molecule has 5 rings (SSSR count). The fraction of sp³-hybridized carbons (Fsp3) is 0.452. The number of fused-ring (bicyclic) bond motifs is 1. The number of amides is 2. The number of pyridine rings is 1. The van der Waals surface area contributed by atoms with Crippen LogP contribution in [0.1, 0.15) is 67.5 Å². The Labute approximate surface area is 246 Å². The van der Waals surface area contributed by atoms with Crippen LogP contribution in [0.2, 0.25) is 0 Å². The van der Waals surface area contributed by atoms with Crippen LogP contribution in [-0.2, 0) is 17.6 Å². The number of piperidine rings is 1. The number of hydrogen-bond donors (Lipinski definition) is 5. The molecular weight excluding hydrogens is 532 g/mol.